The highest BCUT2D eigenvalue weighted by Gasteiger charge is 2.69. The Hall–Kier alpha value is 0. The quantitative estimate of drug-likeness (QED) is 0.413. The van der Waals surface area contributed by atoms with Gasteiger partial charge in [-0.15, -0.1) is 0 Å². The predicted molar refractivity (Wildman–Crippen MR) is 125 cm³/mol. The molecule has 0 nitrogen and oxygen atoms in total. The standard InChI is InChI=1S/C29H50/c1-8-20-12-17-26(4)21(20)13-18-28(6)23(26)10-11-24-27(5)16-9-15-25(2,3)22(27)14-19-29(24,28)7/h20-24H,8-19H2,1-7H3/t20-,21-,22+,23-,24-,26-,27-,28-,29+/m1/s1. The molecule has 0 bridgehead atoms. The topological polar surface area (TPSA) is 0 Å². The molecule has 0 N–H and O–H groups in total. The smallest absolute Gasteiger partial charge is 0.0235 e. The predicted octanol–water partition coefficient (Wildman–Crippen LogP) is 8.89. The second kappa shape index (κ2) is 6.28. The molecule has 5 aliphatic rings. The molecule has 0 aromatic heterocycles. The lowest BCUT2D eigenvalue weighted by Gasteiger charge is -2.73. The summed E-state index contributed by atoms with van der Waals surface area (Å²) in [6.07, 6.45) is 18.1. The van der Waals surface area contributed by atoms with Gasteiger partial charge >= 0.3 is 0 Å². The highest BCUT2D eigenvalue weighted by atomic mass is 14.7. The zero-order valence-electron chi connectivity index (χ0n) is 20.9. The van der Waals surface area contributed by atoms with Crippen LogP contribution in [0.25, 0.3) is 0 Å². The number of fused-ring (bicyclic) bond motifs is 7. The summed E-state index contributed by atoms with van der Waals surface area (Å²) in [6, 6.07) is 0. The maximum Gasteiger partial charge on any atom is -0.0235 e. The van der Waals surface area contributed by atoms with E-state index in [1.807, 2.05) is 0 Å². The molecule has 5 rings (SSSR count). The third-order valence-corrected chi connectivity index (χ3v) is 13.4. The van der Waals surface area contributed by atoms with Crippen LogP contribution in [0.2, 0.25) is 0 Å². The van der Waals surface area contributed by atoms with Crippen molar-refractivity contribution < 1.29 is 0 Å². The van der Waals surface area contributed by atoms with Gasteiger partial charge in [-0.05, 0) is 121 Å². The van der Waals surface area contributed by atoms with Crippen molar-refractivity contribution in [1.29, 1.82) is 0 Å². The van der Waals surface area contributed by atoms with Crippen molar-refractivity contribution >= 4 is 0 Å². The van der Waals surface area contributed by atoms with Gasteiger partial charge in [0.25, 0.3) is 0 Å². The first-order chi connectivity index (χ1) is 13.5. The molecule has 5 aliphatic carbocycles. The highest BCUT2D eigenvalue weighted by molar-refractivity contribution is 5.18. The molecule has 5 saturated carbocycles. The third kappa shape index (κ3) is 2.44. The summed E-state index contributed by atoms with van der Waals surface area (Å²) in [5.41, 5.74) is 2.97. The van der Waals surface area contributed by atoms with Crippen LogP contribution in [-0.2, 0) is 0 Å². The maximum absolute atomic E-state index is 2.81. The van der Waals surface area contributed by atoms with Crippen LogP contribution < -0.4 is 0 Å². The van der Waals surface area contributed by atoms with Gasteiger partial charge in [0.2, 0.25) is 0 Å². The zero-order chi connectivity index (χ0) is 20.9. The van der Waals surface area contributed by atoms with E-state index in [1.165, 1.54) is 64.2 Å². The fourth-order valence-corrected chi connectivity index (χ4v) is 11.9. The van der Waals surface area contributed by atoms with E-state index in [4.69, 9.17) is 0 Å². The Labute approximate surface area is 182 Å². The molecule has 0 amide bonds. The van der Waals surface area contributed by atoms with Crippen LogP contribution in [0.15, 0.2) is 0 Å². The molecule has 5 fully saturated rings. The van der Waals surface area contributed by atoms with Crippen LogP contribution in [0, 0.1) is 56.7 Å². The van der Waals surface area contributed by atoms with Gasteiger partial charge < -0.3 is 0 Å². The Morgan fingerprint density at radius 2 is 1.21 bits per heavy atom. The van der Waals surface area contributed by atoms with E-state index in [1.54, 1.807) is 12.8 Å². The van der Waals surface area contributed by atoms with E-state index < -0.39 is 0 Å². The monoisotopic (exact) mass is 398 g/mol. The molecule has 0 saturated heterocycles. The van der Waals surface area contributed by atoms with E-state index in [0.29, 0.717) is 27.1 Å². The van der Waals surface area contributed by atoms with Crippen LogP contribution in [0.4, 0.5) is 0 Å². The lowest BCUT2D eigenvalue weighted by Crippen LogP contribution is -2.65. The largest absolute Gasteiger partial charge is 0.0651 e. The van der Waals surface area contributed by atoms with Crippen LogP contribution >= 0.6 is 0 Å². The molecule has 0 spiro atoms. The Balaban J connectivity index is 1.53. The summed E-state index contributed by atoms with van der Waals surface area (Å²) >= 11 is 0. The molecule has 0 aliphatic heterocycles. The molecular formula is C29H50. The van der Waals surface area contributed by atoms with E-state index in [2.05, 4.69) is 48.5 Å². The zero-order valence-corrected chi connectivity index (χ0v) is 20.9. The SMILES string of the molecule is CC[C@@H]1CC[C@]2(C)[C@@H]1CC[C@]1(C)[C@@H]2CC[C@@H]2[C@]3(C)CCCC(C)(C)[C@@H]3CC[C@@]21C. The molecule has 29 heavy (non-hydrogen) atoms. The summed E-state index contributed by atoms with van der Waals surface area (Å²) in [5.74, 6) is 4.99. The highest BCUT2D eigenvalue weighted by Crippen LogP contribution is 2.77. The number of rotatable bonds is 1. The van der Waals surface area contributed by atoms with Crippen molar-refractivity contribution in [2.45, 2.75) is 126 Å². The fraction of sp³-hybridized carbons (Fsp3) is 1.00. The van der Waals surface area contributed by atoms with Gasteiger partial charge in [0.05, 0.1) is 0 Å². The number of hydrogen-bond acceptors (Lipinski definition) is 0. The molecule has 0 aromatic carbocycles. The van der Waals surface area contributed by atoms with Crippen molar-refractivity contribution in [3.8, 4) is 0 Å². The van der Waals surface area contributed by atoms with Crippen LogP contribution in [0.1, 0.15) is 126 Å². The van der Waals surface area contributed by atoms with Gasteiger partial charge in [0.1, 0.15) is 0 Å². The van der Waals surface area contributed by atoms with Crippen molar-refractivity contribution in [2.24, 2.45) is 56.7 Å². The lowest BCUT2D eigenvalue weighted by atomic mass is 9.32. The molecule has 166 valence electrons. The van der Waals surface area contributed by atoms with E-state index in [9.17, 15) is 0 Å². The molecule has 0 aromatic rings. The van der Waals surface area contributed by atoms with Gasteiger partial charge in [-0.3, -0.25) is 0 Å². The minimum Gasteiger partial charge on any atom is -0.0651 e. The summed E-state index contributed by atoms with van der Waals surface area (Å²) in [7, 11) is 0. The van der Waals surface area contributed by atoms with Crippen LogP contribution in [0.3, 0.4) is 0 Å². The van der Waals surface area contributed by atoms with E-state index in [-0.39, 0.29) is 0 Å². The normalized spacial score (nSPS) is 58.7. The molecule has 0 radical (unpaired) electrons. The summed E-state index contributed by atoms with van der Waals surface area (Å²) in [4.78, 5) is 0. The Bertz CT molecular complexity index is 661. The third-order valence-electron chi connectivity index (χ3n) is 13.4. The van der Waals surface area contributed by atoms with Gasteiger partial charge in [0.15, 0.2) is 0 Å². The first kappa shape index (κ1) is 20.9. The van der Waals surface area contributed by atoms with Gasteiger partial charge in [-0.1, -0.05) is 61.3 Å². The lowest BCUT2D eigenvalue weighted by molar-refractivity contribution is -0.241. The van der Waals surface area contributed by atoms with Crippen molar-refractivity contribution in [1.82, 2.24) is 0 Å². The molecular weight excluding hydrogens is 348 g/mol. The van der Waals surface area contributed by atoms with E-state index in [0.717, 1.165) is 29.6 Å². The first-order valence-corrected chi connectivity index (χ1v) is 13.5. The average molecular weight is 399 g/mol. The minimum atomic E-state index is 0.565. The second-order valence-electron chi connectivity index (χ2n) is 14.3. The van der Waals surface area contributed by atoms with E-state index >= 15 is 0 Å². The Morgan fingerprint density at radius 3 is 1.86 bits per heavy atom. The van der Waals surface area contributed by atoms with Crippen molar-refractivity contribution in [3.63, 3.8) is 0 Å². The minimum absolute atomic E-state index is 0.565. The molecule has 9 atom stereocenters. The van der Waals surface area contributed by atoms with Crippen molar-refractivity contribution in [2.75, 3.05) is 0 Å². The summed E-state index contributed by atoms with van der Waals surface area (Å²) in [6.45, 7) is 18.8. The first-order valence-electron chi connectivity index (χ1n) is 13.5. The Kier molecular flexibility index (Phi) is 4.52. The van der Waals surface area contributed by atoms with Crippen LogP contribution in [0.5, 0.6) is 0 Å². The molecule has 0 heteroatoms. The maximum atomic E-state index is 2.81. The van der Waals surface area contributed by atoms with Gasteiger partial charge in [0, 0.05) is 0 Å². The average Bonchev–Trinajstić information content (AvgIpc) is 2.98. The fourth-order valence-electron chi connectivity index (χ4n) is 11.9. The molecule has 0 unspecified atom stereocenters. The van der Waals surface area contributed by atoms with Gasteiger partial charge in [-0.25, -0.2) is 0 Å². The molecule has 0 heterocycles. The Morgan fingerprint density at radius 1 is 0.586 bits per heavy atom. The van der Waals surface area contributed by atoms with Crippen molar-refractivity contribution in [3.05, 3.63) is 0 Å². The summed E-state index contributed by atoms with van der Waals surface area (Å²) in [5, 5.41) is 0. The second-order valence-corrected chi connectivity index (χ2v) is 14.3. The summed E-state index contributed by atoms with van der Waals surface area (Å²) < 4.78 is 0. The van der Waals surface area contributed by atoms with Crippen LogP contribution in [-0.4, -0.2) is 0 Å². The number of hydrogen-bond donors (Lipinski definition) is 0. The van der Waals surface area contributed by atoms with Gasteiger partial charge in [-0.2, -0.15) is 0 Å².